The molecule has 1 heterocycles. The van der Waals surface area contributed by atoms with Crippen molar-refractivity contribution < 1.29 is 23.0 Å². The summed E-state index contributed by atoms with van der Waals surface area (Å²) in [5.41, 5.74) is 4.75. The van der Waals surface area contributed by atoms with Crippen molar-refractivity contribution in [2.45, 2.75) is 6.36 Å². The third kappa shape index (κ3) is 4.40. The van der Waals surface area contributed by atoms with Gasteiger partial charge in [0.2, 0.25) is 12.4 Å². The largest absolute Gasteiger partial charge is 0.573 e. The van der Waals surface area contributed by atoms with Gasteiger partial charge in [0.15, 0.2) is 0 Å². The van der Waals surface area contributed by atoms with E-state index in [1.54, 1.807) is 42.5 Å². The lowest BCUT2D eigenvalue weighted by atomic mass is 10.0. The highest BCUT2D eigenvalue weighted by atomic mass is 19.4. The Hall–Kier alpha value is -6.33. The number of ether oxygens (including phenoxy) is 1. The fourth-order valence-corrected chi connectivity index (χ4v) is 5.48. The average Bonchev–Trinajstić information content (AvgIpc) is 3.47. The lowest BCUT2D eigenvalue weighted by molar-refractivity contribution is -0.274. The molecule has 11 heteroatoms. The van der Waals surface area contributed by atoms with E-state index < -0.39 is 6.36 Å². The Morgan fingerprint density at radius 2 is 1.02 bits per heavy atom. The minimum Gasteiger partial charge on any atom is -0.508 e. The van der Waals surface area contributed by atoms with Crippen LogP contribution in [0.4, 0.5) is 13.2 Å². The van der Waals surface area contributed by atoms with Crippen LogP contribution in [0.15, 0.2) is 94.9 Å². The summed E-state index contributed by atoms with van der Waals surface area (Å²) in [6.07, 6.45) is -1.09. The zero-order chi connectivity index (χ0) is 30.6. The first-order chi connectivity index (χ1) is 21.2. The van der Waals surface area contributed by atoms with Crippen molar-refractivity contribution in [3.63, 3.8) is 0 Å². The molecule has 0 radical (unpaired) electrons. The van der Waals surface area contributed by atoms with E-state index in [0.717, 1.165) is 11.1 Å². The monoisotopic (exact) mass is 584 g/mol. The van der Waals surface area contributed by atoms with Gasteiger partial charge in [0.25, 0.3) is 0 Å². The highest BCUT2D eigenvalue weighted by Crippen LogP contribution is 2.33. The highest BCUT2D eigenvalue weighted by Gasteiger charge is 2.31. The number of phenolic OH excluding ortho intramolecular Hbond substituents is 1. The Morgan fingerprint density at radius 3 is 1.45 bits per heavy atom. The zero-order valence-corrected chi connectivity index (χ0v) is 22.3. The normalized spacial score (nSPS) is 12.8. The molecule has 0 aliphatic heterocycles. The van der Waals surface area contributed by atoms with Crippen molar-refractivity contribution >= 4 is 43.6 Å². The Bertz CT molecular complexity index is 2480. The molecule has 0 saturated carbocycles. The molecular formula is C33H15F3N6O2. The number of benzene rings is 4. The van der Waals surface area contributed by atoms with Crippen LogP contribution in [0.1, 0.15) is 0 Å². The van der Waals surface area contributed by atoms with E-state index in [2.05, 4.69) is 14.7 Å². The van der Waals surface area contributed by atoms with Crippen LogP contribution in [-0.2, 0) is 0 Å². The van der Waals surface area contributed by atoms with Gasteiger partial charge in [-0.3, -0.25) is 0 Å². The number of nitriles is 2. The summed E-state index contributed by atoms with van der Waals surface area (Å²) in [4.78, 5) is 17.9. The Labute approximate surface area is 245 Å². The van der Waals surface area contributed by atoms with Crippen LogP contribution in [0, 0.1) is 22.9 Å². The summed E-state index contributed by atoms with van der Waals surface area (Å²) in [6.45, 7) is 0. The molecule has 0 saturated heterocycles. The van der Waals surface area contributed by atoms with Gasteiger partial charge in [-0.1, -0.05) is 48.5 Å². The number of phenols is 1. The molecule has 7 rings (SSSR count). The number of rotatable bonds is 3. The van der Waals surface area contributed by atoms with E-state index in [4.69, 9.17) is 9.97 Å². The summed E-state index contributed by atoms with van der Waals surface area (Å²) in [5, 5.41) is 32.0. The molecule has 0 atom stereocenters. The maximum atomic E-state index is 12.6. The van der Waals surface area contributed by atoms with Crippen molar-refractivity contribution in [3.05, 3.63) is 95.6 Å². The Kier molecular flexibility index (Phi) is 5.97. The topological polar surface area (TPSA) is 128 Å². The summed E-state index contributed by atoms with van der Waals surface area (Å²) < 4.78 is 41.7. The number of nitrogens with zero attached hydrogens (tertiary/aromatic N) is 6. The van der Waals surface area contributed by atoms with Crippen molar-refractivity contribution in [2.75, 3.05) is 0 Å². The van der Waals surface area contributed by atoms with Gasteiger partial charge in [-0.05, 0) is 58.7 Å². The summed E-state index contributed by atoms with van der Waals surface area (Å²) >= 11 is 0. The molecule has 7 aromatic rings. The predicted octanol–water partition coefficient (Wildman–Crippen LogP) is 6.67. The van der Waals surface area contributed by atoms with Crippen molar-refractivity contribution in [3.8, 4) is 46.1 Å². The molecule has 210 valence electrons. The maximum Gasteiger partial charge on any atom is 0.573 e. The molecule has 0 unspecified atom stereocenters. The second-order valence-corrected chi connectivity index (χ2v) is 9.88. The number of hydrogen-bond donors (Lipinski definition) is 1. The molecule has 0 spiro atoms. The number of halogens is 3. The van der Waals surface area contributed by atoms with E-state index in [1.165, 1.54) is 24.3 Å². The molecule has 1 aromatic heterocycles. The van der Waals surface area contributed by atoms with Gasteiger partial charge in [-0.15, -0.1) is 13.2 Å². The molecule has 8 nitrogen and oxygen atoms in total. The first-order valence-electron chi connectivity index (χ1n) is 13.1. The predicted molar refractivity (Wildman–Crippen MR) is 156 cm³/mol. The van der Waals surface area contributed by atoms with E-state index >= 15 is 0 Å². The first kappa shape index (κ1) is 26.6. The third-order valence-electron chi connectivity index (χ3n) is 7.35. The van der Waals surface area contributed by atoms with Gasteiger partial charge in [-0.25, -0.2) is 9.97 Å². The van der Waals surface area contributed by atoms with Crippen LogP contribution < -0.4 is 15.5 Å². The second-order valence-electron chi connectivity index (χ2n) is 9.88. The van der Waals surface area contributed by atoms with E-state index in [-0.39, 0.29) is 11.5 Å². The summed E-state index contributed by atoms with van der Waals surface area (Å²) in [6, 6.07) is 23.2. The van der Waals surface area contributed by atoms with Crippen LogP contribution in [-0.4, -0.2) is 21.4 Å². The Balaban J connectivity index is 1.45. The van der Waals surface area contributed by atoms with Gasteiger partial charge in [0.1, 0.15) is 33.2 Å². The van der Waals surface area contributed by atoms with Gasteiger partial charge in [-0.2, -0.15) is 20.5 Å². The van der Waals surface area contributed by atoms with Crippen molar-refractivity contribution in [2.24, 2.45) is 9.98 Å². The van der Waals surface area contributed by atoms with Crippen molar-refractivity contribution in [1.82, 2.24) is 9.97 Å². The van der Waals surface area contributed by atoms with E-state index in [1.807, 2.05) is 30.6 Å². The zero-order valence-electron chi connectivity index (χ0n) is 22.3. The highest BCUT2D eigenvalue weighted by molar-refractivity contribution is 6.15. The molecule has 0 aliphatic rings. The molecule has 0 amide bonds. The fourth-order valence-electron chi connectivity index (χ4n) is 5.48. The quantitative estimate of drug-likeness (QED) is 0.231. The lowest BCUT2D eigenvalue weighted by Crippen LogP contribution is -2.16. The van der Waals surface area contributed by atoms with Crippen molar-refractivity contribution in [1.29, 1.82) is 10.5 Å². The first-order valence-corrected chi connectivity index (χ1v) is 13.1. The number of fused-ring (bicyclic) bond motifs is 6. The van der Waals surface area contributed by atoms with Crippen LogP contribution in [0.5, 0.6) is 11.5 Å². The van der Waals surface area contributed by atoms with Gasteiger partial charge >= 0.3 is 6.36 Å². The molecule has 1 N–H and O–H groups in total. The second kappa shape index (κ2) is 9.89. The SMILES string of the molecule is N#C/N=c1\c2cc(-c3ccc(O)cc3)ccc2c2nc3/c(=N/C#N)c4cc(-c5ccc(OC(F)(F)F)cc5)ccc4c3nc12. The summed E-state index contributed by atoms with van der Waals surface area (Å²) in [5.74, 6) is -0.192. The number of hydrogen-bond acceptors (Lipinski definition) is 8. The molecule has 0 fully saturated rings. The number of aromatic hydroxyl groups is 1. The van der Waals surface area contributed by atoms with Crippen LogP contribution in [0.25, 0.3) is 65.9 Å². The maximum absolute atomic E-state index is 12.6. The molecule has 6 aromatic carbocycles. The van der Waals surface area contributed by atoms with E-state index in [0.29, 0.717) is 65.5 Å². The number of aromatic nitrogens is 2. The molecular weight excluding hydrogens is 569 g/mol. The molecule has 0 aliphatic carbocycles. The number of alkyl halides is 3. The van der Waals surface area contributed by atoms with Gasteiger partial charge < -0.3 is 9.84 Å². The van der Waals surface area contributed by atoms with E-state index in [9.17, 15) is 28.8 Å². The minimum atomic E-state index is -4.79. The smallest absolute Gasteiger partial charge is 0.508 e. The summed E-state index contributed by atoms with van der Waals surface area (Å²) in [7, 11) is 0. The van der Waals surface area contributed by atoms with Gasteiger partial charge in [0, 0.05) is 21.5 Å². The third-order valence-corrected chi connectivity index (χ3v) is 7.35. The lowest BCUT2D eigenvalue weighted by Gasteiger charge is -2.09. The minimum absolute atomic E-state index is 0.146. The Morgan fingerprint density at radius 1 is 0.591 bits per heavy atom. The van der Waals surface area contributed by atoms with Gasteiger partial charge in [0.05, 0.1) is 11.0 Å². The van der Waals surface area contributed by atoms with Crippen LogP contribution in [0.3, 0.4) is 0 Å². The van der Waals surface area contributed by atoms with Crippen LogP contribution in [0.2, 0.25) is 0 Å². The molecule has 44 heavy (non-hydrogen) atoms. The average molecular weight is 585 g/mol. The standard InChI is InChI=1S/C33H15F3N6O2/c34-33(35,36)44-22-9-3-18(4-10-22)20-6-12-24-26(14-20)28(40-16-38)32-30(24)42-31-27(39-15-37)25-13-19(5-11-23(25)29(31)41-32)17-1-7-21(43)8-2-17/h1-14,43H/b39-27+,40-28+. The molecule has 0 bridgehead atoms. The van der Waals surface area contributed by atoms with Crippen LogP contribution >= 0.6 is 0 Å². The fraction of sp³-hybridized carbons (Fsp3) is 0.0303.